The number of aliphatic hydroxyl groups is 5. The molecule has 12 heavy (non-hydrogen) atoms. The molecule has 0 spiro atoms. The van der Waals surface area contributed by atoms with E-state index in [9.17, 15) is 4.79 Å². The van der Waals surface area contributed by atoms with Crippen molar-refractivity contribution in [1.29, 1.82) is 0 Å². The SMILES string of the molecule is [2H][C@](O)(C=O)[C@@H](O)[C@H](O)[C@]([2H])(O)CO. The Hall–Kier alpha value is -0.530. The molecule has 4 atom stereocenters. The smallest absolute Gasteiger partial charge is 0.151 e. The normalized spacial score (nSPS) is 28.8. The van der Waals surface area contributed by atoms with E-state index in [0.29, 0.717) is 0 Å². The molecule has 0 amide bonds. The Kier molecular flexibility index (Phi) is 3.49. The number of aldehydes is 1. The third kappa shape index (κ3) is 2.84. The minimum Gasteiger partial charge on any atom is -0.394 e. The van der Waals surface area contributed by atoms with E-state index in [2.05, 4.69) is 0 Å². The molecule has 72 valence electrons. The first-order valence-electron chi connectivity index (χ1n) is 4.07. The summed E-state index contributed by atoms with van der Waals surface area (Å²) in [5.41, 5.74) is 0. The van der Waals surface area contributed by atoms with Gasteiger partial charge in [0.15, 0.2) is 6.29 Å². The Morgan fingerprint density at radius 3 is 2.08 bits per heavy atom. The van der Waals surface area contributed by atoms with Gasteiger partial charge in [-0.25, -0.2) is 0 Å². The minimum absolute atomic E-state index is 0.367. The zero-order valence-electron chi connectivity index (χ0n) is 8.08. The fourth-order valence-electron chi connectivity index (χ4n) is 0.507. The molecule has 0 heterocycles. The van der Waals surface area contributed by atoms with Crippen LogP contribution in [0.2, 0.25) is 0 Å². The van der Waals surface area contributed by atoms with Gasteiger partial charge in [-0.1, -0.05) is 0 Å². The summed E-state index contributed by atoms with van der Waals surface area (Å²) in [4.78, 5) is 10.1. The first kappa shape index (κ1) is 8.09. The summed E-state index contributed by atoms with van der Waals surface area (Å²) < 4.78 is 13.6. The Labute approximate surface area is 71.5 Å². The van der Waals surface area contributed by atoms with Gasteiger partial charge in [-0.3, -0.25) is 0 Å². The van der Waals surface area contributed by atoms with E-state index in [0.717, 1.165) is 0 Å². The molecule has 6 heteroatoms. The fraction of sp³-hybridized carbons (Fsp3) is 0.833. The standard InChI is InChI=1S/C6H12O6/c7-1-3(9)5(11)6(12)4(10)2-8/h1,3-6,8-12H,2H2/t3-,4+,5+,6+/m0/s1/i3D,4D. The molecule has 0 fully saturated rings. The van der Waals surface area contributed by atoms with Gasteiger partial charge in [0.05, 0.1) is 9.35 Å². The molecule has 0 aromatic carbocycles. The molecule has 0 aliphatic carbocycles. The zero-order valence-corrected chi connectivity index (χ0v) is 6.08. The predicted molar refractivity (Wildman–Crippen MR) is 37.2 cm³/mol. The van der Waals surface area contributed by atoms with E-state index in [1.807, 2.05) is 0 Å². The lowest BCUT2D eigenvalue weighted by Crippen LogP contribution is -2.46. The average Bonchev–Trinajstić information content (AvgIpc) is 2.15. The molecule has 0 aromatic heterocycles. The Bertz CT molecular complexity index is 206. The third-order valence-electron chi connectivity index (χ3n) is 1.23. The van der Waals surface area contributed by atoms with Crippen molar-refractivity contribution in [3.63, 3.8) is 0 Å². The van der Waals surface area contributed by atoms with Gasteiger partial charge < -0.3 is 30.3 Å². The van der Waals surface area contributed by atoms with Crippen LogP contribution >= 0.6 is 0 Å². The van der Waals surface area contributed by atoms with Crippen LogP contribution in [0, 0.1) is 0 Å². The highest BCUT2D eigenvalue weighted by molar-refractivity contribution is 5.56. The van der Waals surface area contributed by atoms with Crippen LogP contribution in [0.5, 0.6) is 0 Å². The summed E-state index contributed by atoms with van der Waals surface area (Å²) in [6.45, 7) is -1.22. The van der Waals surface area contributed by atoms with Crippen LogP contribution in [-0.4, -0.2) is 62.8 Å². The van der Waals surface area contributed by atoms with Crippen molar-refractivity contribution in [1.82, 2.24) is 0 Å². The molecule has 0 rings (SSSR count). The third-order valence-corrected chi connectivity index (χ3v) is 1.23. The van der Waals surface area contributed by atoms with Gasteiger partial charge in [0, 0.05) is 0 Å². The summed E-state index contributed by atoms with van der Waals surface area (Å²) >= 11 is 0. The highest BCUT2D eigenvalue weighted by Crippen LogP contribution is 2.02. The molecular formula is C6H12O6. The van der Waals surface area contributed by atoms with Crippen LogP contribution in [0.3, 0.4) is 0 Å². The van der Waals surface area contributed by atoms with Gasteiger partial charge in [0.25, 0.3) is 0 Å². The van der Waals surface area contributed by atoms with Crippen LogP contribution in [0.1, 0.15) is 2.74 Å². The van der Waals surface area contributed by atoms with Crippen LogP contribution in [0.25, 0.3) is 0 Å². The molecule has 0 saturated heterocycles. The highest BCUT2D eigenvalue weighted by Gasteiger charge is 2.29. The molecule has 0 saturated carbocycles. The van der Waals surface area contributed by atoms with E-state index >= 15 is 0 Å². The van der Waals surface area contributed by atoms with E-state index in [4.69, 9.17) is 28.3 Å². The fourth-order valence-corrected chi connectivity index (χ4v) is 0.507. The van der Waals surface area contributed by atoms with Crippen LogP contribution in [-0.2, 0) is 4.79 Å². The first-order chi connectivity index (χ1) is 6.19. The molecule has 5 N–H and O–H groups in total. The summed E-state index contributed by atoms with van der Waals surface area (Å²) in [6, 6.07) is 0. The lowest BCUT2D eigenvalue weighted by Gasteiger charge is -2.22. The van der Waals surface area contributed by atoms with Crippen molar-refractivity contribution in [2.75, 3.05) is 6.61 Å². The van der Waals surface area contributed by atoms with Crippen molar-refractivity contribution in [2.24, 2.45) is 0 Å². The lowest BCUT2D eigenvalue weighted by atomic mass is 10.0. The second-order valence-electron chi connectivity index (χ2n) is 2.08. The maximum atomic E-state index is 10.1. The Morgan fingerprint density at radius 2 is 1.75 bits per heavy atom. The molecule has 6 nitrogen and oxygen atoms in total. The minimum atomic E-state index is -3.04. The summed E-state index contributed by atoms with van der Waals surface area (Å²) in [6.07, 6.45) is -11.0. The molecule has 0 radical (unpaired) electrons. The molecular weight excluding hydrogens is 168 g/mol. The molecule has 0 aliphatic heterocycles. The van der Waals surface area contributed by atoms with E-state index in [1.165, 1.54) is 0 Å². The van der Waals surface area contributed by atoms with Gasteiger partial charge in [0.2, 0.25) is 0 Å². The maximum absolute atomic E-state index is 10.1. The largest absolute Gasteiger partial charge is 0.394 e. The summed E-state index contributed by atoms with van der Waals surface area (Å²) in [7, 11) is 0. The van der Waals surface area contributed by atoms with Gasteiger partial charge in [-0.15, -0.1) is 0 Å². The second kappa shape index (κ2) is 5.18. The summed E-state index contributed by atoms with van der Waals surface area (Å²) in [5.74, 6) is 0. The Morgan fingerprint density at radius 1 is 1.25 bits per heavy atom. The van der Waals surface area contributed by atoms with Crippen LogP contribution in [0.15, 0.2) is 0 Å². The quantitative estimate of drug-likeness (QED) is 0.283. The van der Waals surface area contributed by atoms with Gasteiger partial charge in [-0.2, -0.15) is 0 Å². The van der Waals surface area contributed by atoms with E-state index in [-0.39, 0.29) is 6.29 Å². The van der Waals surface area contributed by atoms with Crippen molar-refractivity contribution in [3.8, 4) is 0 Å². The molecule has 0 aromatic rings. The first-order valence-corrected chi connectivity index (χ1v) is 3.07. The van der Waals surface area contributed by atoms with Crippen LogP contribution in [0.4, 0.5) is 0 Å². The number of hydrogen-bond donors (Lipinski definition) is 5. The number of carbonyl (C=O) groups is 1. The van der Waals surface area contributed by atoms with Gasteiger partial charge >= 0.3 is 0 Å². The maximum Gasteiger partial charge on any atom is 0.151 e. The monoisotopic (exact) mass is 182 g/mol. The van der Waals surface area contributed by atoms with Crippen molar-refractivity contribution in [2.45, 2.75) is 24.4 Å². The van der Waals surface area contributed by atoms with E-state index in [1.54, 1.807) is 0 Å². The van der Waals surface area contributed by atoms with Gasteiger partial charge in [0.1, 0.15) is 24.4 Å². The number of carbonyl (C=O) groups excluding carboxylic acids is 1. The number of aliphatic hydroxyl groups excluding tert-OH is 3. The second-order valence-corrected chi connectivity index (χ2v) is 2.08. The Balaban J connectivity index is 4.70. The number of rotatable bonds is 5. The molecule has 0 aliphatic rings. The highest BCUT2D eigenvalue weighted by atomic mass is 16.4. The molecule has 0 unspecified atom stereocenters. The predicted octanol–water partition coefficient (Wildman–Crippen LogP) is -3.38. The lowest BCUT2D eigenvalue weighted by molar-refractivity contribution is -0.136. The van der Waals surface area contributed by atoms with Crippen molar-refractivity contribution < 1.29 is 33.1 Å². The van der Waals surface area contributed by atoms with E-state index < -0.39 is 31.0 Å². The summed E-state index contributed by atoms with van der Waals surface area (Å²) in [5, 5.41) is 44.2. The van der Waals surface area contributed by atoms with Gasteiger partial charge in [-0.05, 0) is 0 Å². The zero-order chi connectivity index (χ0) is 11.6. The van der Waals surface area contributed by atoms with Crippen molar-refractivity contribution in [3.05, 3.63) is 0 Å². The average molecular weight is 182 g/mol. The van der Waals surface area contributed by atoms with Crippen molar-refractivity contribution >= 4 is 6.29 Å². The number of hydrogen-bond acceptors (Lipinski definition) is 6. The topological polar surface area (TPSA) is 118 Å². The molecule has 0 bridgehead atoms. The van der Waals surface area contributed by atoms with Crippen LogP contribution < -0.4 is 0 Å².